The molecule has 0 aliphatic heterocycles. The molecule has 3 rings (SSSR count). The molecule has 2 aromatic rings. The maximum Gasteiger partial charge on any atom is 0.214 e. The van der Waals surface area contributed by atoms with Crippen LogP contribution in [0.1, 0.15) is 24.5 Å². The molecule has 1 aliphatic carbocycles. The molecule has 0 amide bonds. The Labute approximate surface area is 118 Å². The molecule has 108 valence electrons. The third kappa shape index (κ3) is 2.59. The van der Waals surface area contributed by atoms with Crippen LogP contribution in [0.5, 0.6) is 0 Å². The van der Waals surface area contributed by atoms with Crippen molar-refractivity contribution in [2.45, 2.75) is 24.2 Å². The van der Waals surface area contributed by atoms with Gasteiger partial charge in [-0.25, -0.2) is 13.1 Å². The summed E-state index contributed by atoms with van der Waals surface area (Å²) in [5.74, 6) is 0. The summed E-state index contributed by atoms with van der Waals surface area (Å²) >= 11 is 0. The Hall–Kier alpha value is -1.37. The van der Waals surface area contributed by atoms with Crippen LogP contribution < -0.4 is 4.72 Å². The smallest absolute Gasteiger partial charge is 0.214 e. The highest BCUT2D eigenvalue weighted by atomic mass is 32.2. The van der Waals surface area contributed by atoms with Gasteiger partial charge in [0.2, 0.25) is 10.0 Å². The number of aromatic nitrogens is 1. The summed E-state index contributed by atoms with van der Waals surface area (Å²) in [7, 11) is -1.28. The van der Waals surface area contributed by atoms with Crippen molar-refractivity contribution in [1.82, 2.24) is 9.29 Å². The number of sulfonamides is 1. The Morgan fingerprint density at radius 3 is 2.85 bits per heavy atom. The van der Waals surface area contributed by atoms with Gasteiger partial charge in [0.1, 0.15) is 0 Å². The van der Waals surface area contributed by atoms with E-state index in [1.807, 2.05) is 42.1 Å². The number of rotatable bonds is 5. The van der Waals surface area contributed by atoms with Crippen LogP contribution in [0.4, 0.5) is 0 Å². The summed E-state index contributed by atoms with van der Waals surface area (Å²) < 4.78 is 27.9. The van der Waals surface area contributed by atoms with Crippen molar-refractivity contribution >= 4 is 20.9 Å². The molecule has 20 heavy (non-hydrogen) atoms. The fourth-order valence-electron chi connectivity index (χ4n) is 2.32. The second kappa shape index (κ2) is 4.87. The van der Waals surface area contributed by atoms with E-state index in [0.29, 0.717) is 0 Å². The minimum Gasteiger partial charge on any atom is -0.387 e. The van der Waals surface area contributed by atoms with Crippen molar-refractivity contribution in [2.24, 2.45) is 7.05 Å². The monoisotopic (exact) mass is 294 g/mol. The predicted molar refractivity (Wildman–Crippen MR) is 77.8 cm³/mol. The summed E-state index contributed by atoms with van der Waals surface area (Å²) in [6, 6.07) is 7.63. The second-order valence-corrected chi connectivity index (χ2v) is 7.40. The number of fused-ring (bicyclic) bond motifs is 1. The Balaban J connectivity index is 1.73. The Kier molecular flexibility index (Phi) is 3.32. The quantitative estimate of drug-likeness (QED) is 0.873. The van der Waals surface area contributed by atoms with E-state index in [1.165, 1.54) is 0 Å². The van der Waals surface area contributed by atoms with Gasteiger partial charge in [0.15, 0.2) is 0 Å². The maximum absolute atomic E-state index is 11.7. The van der Waals surface area contributed by atoms with Gasteiger partial charge in [-0.3, -0.25) is 0 Å². The lowest BCUT2D eigenvalue weighted by molar-refractivity contribution is 0.182. The first-order valence-electron chi connectivity index (χ1n) is 6.69. The summed E-state index contributed by atoms with van der Waals surface area (Å²) in [5, 5.41) is 10.9. The van der Waals surface area contributed by atoms with E-state index in [-0.39, 0.29) is 11.8 Å². The van der Waals surface area contributed by atoms with Crippen molar-refractivity contribution < 1.29 is 13.5 Å². The first-order chi connectivity index (χ1) is 9.47. The Morgan fingerprint density at radius 2 is 2.15 bits per heavy atom. The number of aliphatic hydroxyl groups is 1. The number of aliphatic hydroxyl groups excluding tert-OH is 1. The van der Waals surface area contributed by atoms with Crippen LogP contribution in [0.2, 0.25) is 0 Å². The van der Waals surface area contributed by atoms with Crippen molar-refractivity contribution in [1.29, 1.82) is 0 Å². The van der Waals surface area contributed by atoms with Gasteiger partial charge in [0, 0.05) is 25.3 Å². The standard InChI is InChI=1S/C14H18N2O3S/c1-16-7-6-10-8-11(2-5-13(10)16)14(17)9-15-20(18,19)12-3-4-12/h2,5-8,12,14-15,17H,3-4,9H2,1H3. The molecule has 1 aromatic heterocycles. The van der Waals surface area contributed by atoms with Crippen molar-refractivity contribution in [3.05, 3.63) is 36.0 Å². The Bertz CT molecular complexity index is 732. The Morgan fingerprint density at radius 1 is 1.40 bits per heavy atom. The number of benzene rings is 1. The van der Waals surface area contributed by atoms with Gasteiger partial charge >= 0.3 is 0 Å². The normalized spacial score (nSPS) is 17.5. The minimum atomic E-state index is -3.24. The van der Waals surface area contributed by atoms with Crippen molar-refractivity contribution in [3.63, 3.8) is 0 Å². The fourth-order valence-corrected chi connectivity index (χ4v) is 3.70. The molecule has 6 heteroatoms. The van der Waals surface area contributed by atoms with Crippen LogP contribution in [0.25, 0.3) is 10.9 Å². The van der Waals surface area contributed by atoms with Gasteiger partial charge in [-0.05, 0) is 42.0 Å². The molecular formula is C14H18N2O3S. The molecule has 1 saturated carbocycles. The van der Waals surface area contributed by atoms with E-state index >= 15 is 0 Å². The SMILES string of the molecule is Cn1ccc2cc(C(O)CNS(=O)(=O)C3CC3)ccc21. The van der Waals surface area contributed by atoms with Crippen LogP contribution in [-0.2, 0) is 17.1 Å². The lowest BCUT2D eigenvalue weighted by Crippen LogP contribution is -2.31. The molecule has 1 atom stereocenters. The number of hydrogen-bond donors (Lipinski definition) is 2. The molecule has 1 aromatic carbocycles. The van der Waals surface area contributed by atoms with Crippen molar-refractivity contribution in [2.75, 3.05) is 6.54 Å². The van der Waals surface area contributed by atoms with Gasteiger partial charge in [0.05, 0.1) is 11.4 Å². The van der Waals surface area contributed by atoms with Crippen molar-refractivity contribution in [3.8, 4) is 0 Å². The topological polar surface area (TPSA) is 71.3 Å². The summed E-state index contributed by atoms with van der Waals surface area (Å²) in [6.07, 6.45) is 2.58. The molecule has 1 unspecified atom stereocenters. The average molecular weight is 294 g/mol. The molecule has 0 radical (unpaired) electrons. The third-order valence-corrected chi connectivity index (χ3v) is 5.65. The third-order valence-electron chi connectivity index (χ3n) is 3.74. The van der Waals surface area contributed by atoms with Gasteiger partial charge in [-0.1, -0.05) is 6.07 Å². The van der Waals surface area contributed by atoms with Gasteiger partial charge in [-0.15, -0.1) is 0 Å². The van der Waals surface area contributed by atoms with Crippen LogP contribution in [0.3, 0.4) is 0 Å². The highest BCUT2D eigenvalue weighted by Gasteiger charge is 2.35. The van der Waals surface area contributed by atoms with E-state index < -0.39 is 16.1 Å². The van der Waals surface area contributed by atoms with Gasteiger partial charge in [-0.2, -0.15) is 0 Å². The zero-order chi connectivity index (χ0) is 14.3. The zero-order valence-corrected chi connectivity index (χ0v) is 12.1. The summed E-state index contributed by atoms with van der Waals surface area (Å²) in [4.78, 5) is 0. The molecular weight excluding hydrogens is 276 g/mol. The average Bonchev–Trinajstić information content (AvgIpc) is 3.22. The molecule has 2 N–H and O–H groups in total. The highest BCUT2D eigenvalue weighted by Crippen LogP contribution is 2.28. The van der Waals surface area contributed by atoms with E-state index in [1.54, 1.807) is 0 Å². The summed E-state index contributed by atoms with van der Waals surface area (Å²) in [5.41, 5.74) is 1.81. The summed E-state index contributed by atoms with van der Waals surface area (Å²) in [6.45, 7) is 0.0250. The number of nitrogens with zero attached hydrogens (tertiary/aromatic N) is 1. The van der Waals surface area contributed by atoms with Gasteiger partial charge in [0.25, 0.3) is 0 Å². The first kappa shape index (κ1) is 13.6. The maximum atomic E-state index is 11.7. The minimum absolute atomic E-state index is 0.0250. The van der Waals surface area contributed by atoms with E-state index in [2.05, 4.69) is 4.72 Å². The van der Waals surface area contributed by atoms with Crippen LogP contribution >= 0.6 is 0 Å². The lowest BCUT2D eigenvalue weighted by Gasteiger charge is -2.12. The number of nitrogens with one attached hydrogen (secondary N) is 1. The molecule has 1 aliphatic rings. The molecule has 1 fully saturated rings. The number of aryl methyl sites for hydroxylation is 1. The molecule has 0 spiro atoms. The largest absolute Gasteiger partial charge is 0.387 e. The number of hydrogen-bond acceptors (Lipinski definition) is 3. The van der Waals surface area contributed by atoms with E-state index in [4.69, 9.17) is 0 Å². The van der Waals surface area contributed by atoms with Gasteiger partial charge < -0.3 is 9.67 Å². The predicted octanol–water partition coefficient (Wildman–Crippen LogP) is 1.29. The zero-order valence-electron chi connectivity index (χ0n) is 11.3. The molecule has 1 heterocycles. The fraction of sp³-hybridized carbons (Fsp3) is 0.429. The first-order valence-corrected chi connectivity index (χ1v) is 8.23. The lowest BCUT2D eigenvalue weighted by atomic mass is 10.1. The van der Waals surface area contributed by atoms with E-state index in [9.17, 15) is 13.5 Å². The van der Waals surface area contributed by atoms with Crippen LogP contribution in [0, 0.1) is 0 Å². The van der Waals surface area contributed by atoms with Crippen LogP contribution in [0.15, 0.2) is 30.5 Å². The highest BCUT2D eigenvalue weighted by molar-refractivity contribution is 7.90. The van der Waals surface area contributed by atoms with E-state index in [0.717, 1.165) is 29.3 Å². The van der Waals surface area contributed by atoms with Crippen LogP contribution in [-0.4, -0.2) is 29.9 Å². The molecule has 5 nitrogen and oxygen atoms in total. The second-order valence-electron chi connectivity index (χ2n) is 5.35. The molecule has 0 saturated heterocycles. The molecule has 0 bridgehead atoms.